The van der Waals surface area contributed by atoms with E-state index >= 15 is 0 Å². The lowest BCUT2D eigenvalue weighted by Gasteiger charge is -2.18. The summed E-state index contributed by atoms with van der Waals surface area (Å²) in [5, 5.41) is 10.9. The Morgan fingerprint density at radius 1 is 1.33 bits per heavy atom. The maximum atomic E-state index is 9.76. The minimum atomic E-state index is -0.701. The lowest BCUT2D eigenvalue weighted by Crippen LogP contribution is -2.25. The molecule has 0 saturated heterocycles. The molecule has 80 valence electrons. The first-order chi connectivity index (χ1) is 6.96. The molecule has 0 aliphatic carbocycles. The van der Waals surface area contributed by atoms with Gasteiger partial charge in [-0.15, -0.1) is 0 Å². The second-order valence-corrected chi connectivity index (χ2v) is 4.57. The molecule has 0 unspecified atom stereocenters. The molecule has 0 saturated carbocycles. The van der Waals surface area contributed by atoms with E-state index in [1.54, 1.807) is 13.8 Å². The minimum Gasteiger partial charge on any atom is -0.399 e. The lowest BCUT2D eigenvalue weighted by molar-refractivity contribution is 0.0628. The third-order valence-electron chi connectivity index (χ3n) is 2.35. The molecule has 15 heavy (non-hydrogen) atoms. The number of benzene rings is 1. The Hall–Kier alpha value is -1.48. The van der Waals surface area contributed by atoms with Crippen LogP contribution < -0.4 is 5.73 Å². The fourth-order valence-electron chi connectivity index (χ4n) is 1.77. The first-order valence-electron chi connectivity index (χ1n) is 5.02. The van der Waals surface area contributed by atoms with Crippen molar-refractivity contribution in [2.75, 3.05) is 5.73 Å². The van der Waals surface area contributed by atoms with Crippen LogP contribution >= 0.6 is 0 Å². The van der Waals surface area contributed by atoms with Crippen LogP contribution in [0.4, 0.5) is 5.69 Å². The average molecular weight is 204 g/mol. The summed E-state index contributed by atoms with van der Waals surface area (Å²) in [4.78, 5) is 0. The molecule has 2 aromatic rings. The summed E-state index contributed by atoms with van der Waals surface area (Å²) in [5.74, 6) is 0. The predicted octanol–water partition coefficient (Wildman–Crippen LogP) is 1.99. The SMILES string of the molecule is CC(C)(O)Cn1ccc2cc(N)ccc21. The number of nitrogen functional groups attached to an aromatic ring is 1. The molecule has 1 aromatic heterocycles. The Morgan fingerprint density at radius 2 is 2.07 bits per heavy atom. The van der Waals surface area contributed by atoms with Crippen molar-refractivity contribution in [3.05, 3.63) is 30.5 Å². The normalized spacial score (nSPS) is 12.2. The molecule has 0 bridgehead atoms. The van der Waals surface area contributed by atoms with Crippen LogP contribution in [-0.4, -0.2) is 15.3 Å². The van der Waals surface area contributed by atoms with Gasteiger partial charge in [0.25, 0.3) is 0 Å². The number of hydrogen-bond acceptors (Lipinski definition) is 2. The summed E-state index contributed by atoms with van der Waals surface area (Å²) < 4.78 is 2.04. The van der Waals surface area contributed by atoms with Crippen LogP contribution in [0.3, 0.4) is 0 Å². The van der Waals surface area contributed by atoms with E-state index in [0.29, 0.717) is 6.54 Å². The summed E-state index contributed by atoms with van der Waals surface area (Å²) >= 11 is 0. The number of hydrogen-bond donors (Lipinski definition) is 2. The quantitative estimate of drug-likeness (QED) is 0.735. The molecule has 3 nitrogen and oxygen atoms in total. The predicted molar refractivity (Wildman–Crippen MR) is 62.6 cm³/mol. The average Bonchev–Trinajstić information content (AvgIpc) is 2.45. The highest BCUT2D eigenvalue weighted by Crippen LogP contribution is 2.20. The molecule has 1 heterocycles. The summed E-state index contributed by atoms with van der Waals surface area (Å²) in [5.41, 5.74) is 6.87. The second-order valence-electron chi connectivity index (χ2n) is 4.57. The minimum absolute atomic E-state index is 0.584. The number of anilines is 1. The van der Waals surface area contributed by atoms with E-state index in [0.717, 1.165) is 16.6 Å². The van der Waals surface area contributed by atoms with Gasteiger partial charge in [0.1, 0.15) is 0 Å². The molecule has 2 rings (SSSR count). The van der Waals surface area contributed by atoms with Crippen LogP contribution in [0.25, 0.3) is 10.9 Å². The van der Waals surface area contributed by atoms with Gasteiger partial charge in [-0.05, 0) is 38.1 Å². The van der Waals surface area contributed by atoms with Crippen LogP contribution in [0.1, 0.15) is 13.8 Å². The molecular weight excluding hydrogens is 188 g/mol. The van der Waals surface area contributed by atoms with E-state index in [1.807, 2.05) is 35.0 Å². The van der Waals surface area contributed by atoms with Crippen LogP contribution in [0.15, 0.2) is 30.5 Å². The molecule has 3 heteroatoms. The van der Waals surface area contributed by atoms with Crippen molar-refractivity contribution in [1.29, 1.82) is 0 Å². The molecule has 3 N–H and O–H groups in total. The standard InChI is InChI=1S/C12H16N2O/c1-12(2,15)8-14-6-5-9-7-10(13)3-4-11(9)14/h3-7,15H,8,13H2,1-2H3. The van der Waals surface area contributed by atoms with Crippen molar-refractivity contribution in [3.8, 4) is 0 Å². The molecule has 0 aliphatic heterocycles. The number of nitrogens with two attached hydrogens (primary N) is 1. The number of rotatable bonds is 2. The van der Waals surface area contributed by atoms with Crippen LogP contribution in [0.2, 0.25) is 0 Å². The van der Waals surface area contributed by atoms with Gasteiger partial charge in [0.05, 0.1) is 12.1 Å². The van der Waals surface area contributed by atoms with E-state index in [-0.39, 0.29) is 0 Å². The van der Waals surface area contributed by atoms with Crippen LogP contribution in [0, 0.1) is 0 Å². The smallest absolute Gasteiger partial charge is 0.0769 e. The van der Waals surface area contributed by atoms with E-state index in [1.165, 1.54) is 0 Å². The van der Waals surface area contributed by atoms with Gasteiger partial charge in [-0.3, -0.25) is 0 Å². The molecule has 0 fully saturated rings. The zero-order valence-corrected chi connectivity index (χ0v) is 9.07. The highest BCUT2D eigenvalue weighted by molar-refractivity contribution is 5.83. The number of fused-ring (bicyclic) bond motifs is 1. The van der Waals surface area contributed by atoms with Crippen molar-refractivity contribution < 1.29 is 5.11 Å². The Balaban J connectivity index is 2.45. The Bertz CT molecular complexity index is 480. The molecule has 1 aromatic carbocycles. The van der Waals surface area contributed by atoms with Crippen molar-refractivity contribution in [3.63, 3.8) is 0 Å². The number of aliphatic hydroxyl groups is 1. The maximum Gasteiger partial charge on any atom is 0.0769 e. The first-order valence-corrected chi connectivity index (χ1v) is 5.02. The van der Waals surface area contributed by atoms with Gasteiger partial charge in [0, 0.05) is 22.8 Å². The molecule has 0 radical (unpaired) electrons. The van der Waals surface area contributed by atoms with Crippen molar-refractivity contribution in [2.45, 2.75) is 26.0 Å². The highest BCUT2D eigenvalue weighted by atomic mass is 16.3. The number of nitrogens with zero attached hydrogens (tertiary/aromatic N) is 1. The van der Waals surface area contributed by atoms with Gasteiger partial charge >= 0.3 is 0 Å². The summed E-state index contributed by atoms with van der Waals surface area (Å²) in [6, 6.07) is 7.81. The van der Waals surface area contributed by atoms with Crippen molar-refractivity contribution in [1.82, 2.24) is 4.57 Å². The van der Waals surface area contributed by atoms with E-state index in [9.17, 15) is 5.11 Å². The van der Waals surface area contributed by atoms with Crippen LogP contribution in [-0.2, 0) is 6.54 Å². The third kappa shape index (κ3) is 2.13. The van der Waals surface area contributed by atoms with Gasteiger partial charge in [0.15, 0.2) is 0 Å². The molecule has 0 atom stereocenters. The molecule has 0 amide bonds. The molecule has 0 spiro atoms. The first kappa shape index (κ1) is 10.1. The molecule has 0 aliphatic rings. The largest absolute Gasteiger partial charge is 0.399 e. The second kappa shape index (κ2) is 3.28. The van der Waals surface area contributed by atoms with Gasteiger partial charge in [0.2, 0.25) is 0 Å². The summed E-state index contributed by atoms with van der Waals surface area (Å²) in [6.07, 6.45) is 1.97. The fraction of sp³-hybridized carbons (Fsp3) is 0.333. The zero-order chi connectivity index (χ0) is 11.1. The lowest BCUT2D eigenvalue weighted by atomic mass is 10.1. The van der Waals surface area contributed by atoms with Crippen LogP contribution in [0.5, 0.6) is 0 Å². The van der Waals surface area contributed by atoms with Gasteiger partial charge < -0.3 is 15.4 Å². The topological polar surface area (TPSA) is 51.2 Å². The van der Waals surface area contributed by atoms with Gasteiger partial charge in [-0.25, -0.2) is 0 Å². The third-order valence-corrected chi connectivity index (χ3v) is 2.35. The van der Waals surface area contributed by atoms with Gasteiger partial charge in [-0.2, -0.15) is 0 Å². The van der Waals surface area contributed by atoms with E-state index < -0.39 is 5.60 Å². The Labute approximate surface area is 89.1 Å². The number of aromatic nitrogens is 1. The van der Waals surface area contributed by atoms with E-state index in [4.69, 9.17) is 5.73 Å². The highest BCUT2D eigenvalue weighted by Gasteiger charge is 2.14. The Kier molecular flexibility index (Phi) is 2.20. The van der Waals surface area contributed by atoms with E-state index in [2.05, 4.69) is 0 Å². The zero-order valence-electron chi connectivity index (χ0n) is 9.07. The monoisotopic (exact) mass is 204 g/mol. The summed E-state index contributed by atoms with van der Waals surface area (Å²) in [7, 11) is 0. The summed E-state index contributed by atoms with van der Waals surface area (Å²) in [6.45, 7) is 4.19. The van der Waals surface area contributed by atoms with Crippen molar-refractivity contribution >= 4 is 16.6 Å². The maximum absolute atomic E-state index is 9.76. The molecular formula is C12H16N2O. The fourth-order valence-corrected chi connectivity index (χ4v) is 1.77. The Morgan fingerprint density at radius 3 is 2.73 bits per heavy atom. The van der Waals surface area contributed by atoms with Crippen molar-refractivity contribution in [2.24, 2.45) is 0 Å². The van der Waals surface area contributed by atoms with Gasteiger partial charge in [-0.1, -0.05) is 0 Å².